The molecule has 0 bridgehead atoms. The van der Waals surface area contributed by atoms with Crippen LogP contribution in [-0.2, 0) is 9.53 Å². The smallest absolute Gasteiger partial charge is 0.310 e. The number of hydrogen-bond acceptors (Lipinski definition) is 3. The predicted molar refractivity (Wildman–Crippen MR) is 92.1 cm³/mol. The van der Waals surface area contributed by atoms with Gasteiger partial charge in [0, 0.05) is 21.1 Å². The maximum absolute atomic E-state index is 12.6. The van der Waals surface area contributed by atoms with Gasteiger partial charge in [0.2, 0.25) is 0 Å². The summed E-state index contributed by atoms with van der Waals surface area (Å²) in [5.74, 6) is -0.416. The number of carbonyl (C=O) groups excluding carboxylic acids is 2. The van der Waals surface area contributed by atoms with Crippen LogP contribution < -0.4 is 0 Å². The lowest BCUT2D eigenvalue weighted by atomic mass is 9.97. The Morgan fingerprint density at radius 1 is 1.48 bits per heavy atom. The molecule has 1 aromatic carbocycles. The van der Waals surface area contributed by atoms with E-state index in [1.807, 2.05) is 18.2 Å². The molecule has 114 valence electrons. The van der Waals surface area contributed by atoms with E-state index in [2.05, 4.69) is 38.5 Å². The first-order valence-corrected chi connectivity index (χ1v) is 8.81. The Hall–Kier alpha value is -0.630. The number of hydrogen-bond donors (Lipinski definition) is 0. The van der Waals surface area contributed by atoms with E-state index in [-0.39, 0.29) is 17.8 Å². The minimum absolute atomic E-state index is 0.0188. The molecule has 1 atom stereocenters. The summed E-state index contributed by atoms with van der Waals surface area (Å²) in [5, 5.41) is 0. The number of amides is 1. The Bertz CT molecular complexity index is 550. The van der Waals surface area contributed by atoms with E-state index in [4.69, 9.17) is 4.74 Å². The average Bonchev–Trinajstić information content (AvgIpc) is 2.49. The monoisotopic (exact) mass is 465 g/mol. The minimum Gasteiger partial charge on any atom is -0.466 e. The van der Waals surface area contributed by atoms with Gasteiger partial charge in [-0.05, 0) is 60.6 Å². The summed E-state index contributed by atoms with van der Waals surface area (Å²) < 4.78 is 6.87. The fourth-order valence-electron chi connectivity index (χ4n) is 2.45. The minimum atomic E-state index is -0.201. The number of nitrogens with zero attached hydrogens (tertiary/aromatic N) is 1. The van der Waals surface area contributed by atoms with Crippen LogP contribution in [0.1, 0.15) is 30.1 Å². The molecule has 0 saturated carbocycles. The van der Waals surface area contributed by atoms with E-state index >= 15 is 0 Å². The second-order valence-electron chi connectivity index (χ2n) is 4.97. The summed E-state index contributed by atoms with van der Waals surface area (Å²) >= 11 is 5.56. The van der Waals surface area contributed by atoms with Gasteiger partial charge in [0.15, 0.2) is 0 Å². The summed E-state index contributed by atoms with van der Waals surface area (Å²) in [7, 11) is 0. The van der Waals surface area contributed by atoms with Crippen molar-refractivity contribution in [2.75, 3.05) is 19.7 Å². The number of halogens is 2. The molecule has 0 spiro atoms. The number of esters is 1. The molecule has 1 amide bonds. The molecule has 2 rings (SSSR count). The topological polar surface area (TPSA) is 46.6 Å². The van der Waals surface area contributed by atoms with Crippen molar-refractivity contribution in [1.29, 1.82) is 0 Å². The molecule has 1 unspecified atom stereocenters. The summed E-state index contributed by atoms with van der Waals surface area (Å²) in [5.41, 5.74) is 0.675. The van der Waals surface area contributed by atoms with Gasteiger partial charge in [-0.3, -0.25) is 9.59 Å². The van der Waals surface area contributed by atoms with Crippen molar-refractivity contribution in [3.05, 3.63) is 31.8 Å². The van der Waals surface area contributed by atoms with Crippen LogP contribution in [0.15, 0.2) is 22.7 Å². The number of benzene rings is 1. The van der Waals surface area contributed by atoms with Crippen LogP contribution in [0.4, 0.5) is 0 Å². The van der Waals surface area contributed by atoms with Crippen molar-refractivity contribution < 1.29 is 14.3 Å². The molecule has 1 aliphatic heterocycles. The summed E-state index contributed by atoms with van der Waals surface area (Å²) in [4.78, 5) is 26.3. The molecule has 4 nitrogen and oxygen atoms in total. The number of carbonyl (C=O) groups is 2. The van der Waals surface area contributed by atoms with Crippen molar-refractivity contribution in [3.8, 4) is 0 Å². The van der Waals surface area contributed by atoms with Gasteiger partial charge in [0.25, 0.3) is 5.91 Å². The lowest BCUT2D eigenvalue weighted by Crippen LogP contribution is -2.43. The van der Waals surface area contributed by atoms with Crippen LogP contribution in [0.2, 0.25) is 0 Å². The molecule has 21 heavy (non-hydrogen) atoms. The molecule has 0 aliphatic carbocycles. The van der Waals surface area contributed by atoms with Crippen molar-refractivity contribution in [2.24, 2.45) is 5.92 Å². The third kappa shape index (κ3) is 4.18. The second kappa shape index (κ2) is 7.58. The molecule has 1 fully saturated rings. The summed E-state index contributed by atoms with van der Waals surface area (Å²) in [6.45, 7) is 3.32. The molecule has 0 radical (unpaired) electrons. The third-order valence-electron chi connectivity index (χ3n) is 3.49. The normalized spacial score (nSPS) is 18.4. The highest BCUT2D eigenvalue weighted by molar-refractivity contribution is 14.1. The highest BCUT2D eigenvalue weighted by Crippen LogP contribution is 2.24. The van der Waals surface area contributed by atoms with Gasteiger partial charge in [-0.25, -0.2) is 0 Å². The first-order valence-electron chi connectivity index (χ1n) is 6.94. The van der Waals surface area contributed by atoms with Crippen LogP contribution in [0, 0.1) is 9.49 Å². The molecular formula is C15H17BrINO3. The largest absolute Gasteiger partial charge is 0.466 e. The van der Waals surface area contributed by atoms with Gasteiger partial charge in [0.1, 0.15) is 0 Å². The van der Waals surface area contributed by atoms with Crippen molar-refractivity contribution in [2.45, 2.75) is 19.8 Å². The Balaban J connectivity index is 2.12. The fourth-order valence-corrected chi connectivity index (χ4v) is 3.37. The van der Waals surface area contributed by atoms with E-state index < -0.39 is 0 Å². The van der Waals surface area contributed by atoms with Crippen LogP contribution in [-0.4, -0.2) is 36.5 Å². The zero-order valence-electron chi connectivity index (χ0n) is 11.8. The van der Waals surface area contributed by atoms with Gasteiger partial charge in [-0.1, -0.05) is 15.9 Å². The summed E-state index contributed by atoms with van der Waals surface area (Å²) in [6, 6.07) is 5.65. The molecule has 6 heteroatoms. The van der Waals surface area contributed by atoms with Crippen molar-refractivity contribution in [3.63, 3.8) is 0 Å². The summed E-state index contributed by atoms with van der Waals surface area (Å²) in [6.07, 6.45) is 1.62. The Labute approximate surface area is 146 Å². The van der Waals surface area contributed by atoms with Crippen LogP contribution in [0.25, 0.3) is 0 Å². The molecule has 0 aromatic heterocycles. The van der Waals surface area contributed by atoms with Gasteiger partial charge in [-0.2, -0.15) is 0 Å². The third-order valence-corrected chi connectivity index (χ3v) is 4.92. The number of piperidine rings is 1. The second-order valence-corrected chi connectivity index (χ2v) is 7.04. The first-order chi connectivity index (χ1) is 10.0. The molecule has 0 N–H and O–H groups in total. The standard InChI is InChI=1S/C15H17BrINO3/c1-2-21-15(20)10-4-3-7-18(9-10)14(19)12-8-11(16)5-6-13(12)17/h5-6,8,10H,2-4,7,9H2,1H3. The lowest BCUT2D eigenvalue weighted by molar-refractivity contribution is -0.149. The maximum atomic E-state index is 12.6. The number of likely N-dealkylation sites (tertiary alicyclic amines) is 1. The Morgan fingerprint density at radius 3 is 2.95 bits per heavy atom. The first kappa shape index (κ1) is 16.7. The molecule has 1 aromatic rings. The van der Waals surface area contributed by atoms with Crippen LogP contribution >= 0.6 is 38.5 Å². The SMILES string of the molecule is CCOC(=O)C1CCCN(C(=O)c2cc(Br)ccc2I)C1. The number of ether oxygens (including phenoxy) is 1. The molecule has 1 heterocycles. The highest BCUT2D eigenvalue weighted by atomic mass is 127. The molecule has 1 aliphatic rings. The average molecular weight is 466 g/mol. The van der Waals surface area contributed by atoms with E-state index in [0.29, 0.717) is 25.3 Å². The Morgan fingerprint density at radius 2 is 2.24 bits per heavy atom. The van der Waals surface area contributed by atoms with Crippen LogP contribution in [0.5, 0.6) is 0 Å². The van der Waals surface area contributed by atoms with Gasteiger partial charge in [-0.15, -0.1) is 0 Å². The maximum Gasteiger partial charge on any atom is 0.310 e. The van der Waals surface area contributed by atoms with Gasteiger partial charge >= 0.3 is 5.97 Å². The van der Waals surface area contributed by atoms with Gasteiger partial charge < -0.3 is 9.64 Å². The predicted octanol–water partition coefficient (Wildman–Crippen LogP) is 3.47. The van der Waals surface area contributed by atoms with Gasteiger partial charge in [0.05, 0.1) is 18.1 Å². The molecular weight excluding hydrogens is 449 g/mol. The highest BCUT2D eigenvalue weighted by Gasteiger charge is 2.30. The fraction of sp³-hybridized carbons (Fsp3) is 0.467. The van der Waals surface area contributed by atoms with E-state index in [1.54, 1.807) is 11.8 Å². The number of rotatable bonds is 3. The Kier molecular flexibility index (Phi) is 6.04. The quantitative estimate of drug-likeness (QED) is 0.507. The lowest BCUT2D eigenvalue weighted by Gasteiger charge is -2.31. The van der Waals surface area contributed by atoms with E-state index in [9.17, 15) is 9.59 Å². The van der Waals surface area contributed by atoms with Crippen molar-refractivity contribution in [1.82, 2.24) is 4.90 Å². The molecule has 1 saturated heterocycles. The van der Waals surface area contributed by atoms with E-state index in [0.717, 1.165) is 20.9 Å². The van der Waals surface area contributed by atoms with Crippen molar-refractivity contribution >= 4 is 50.4 Å². The van der Waals surface area contributed by atoms with E-state index in [1.165, 1.54) is 0 Å². The van der Waals surface area contributed by atoms with Crippen LogP contribution in [0.3, 0.4) is 0 Å². The zero-order chi connectivity index (χ0) is 15.4. The zero-order valence-corrected chi connectivity index (χ0v) is 15.5.